The lowest BCUT2D eigenvalue weighted by Gasteiger charge is -2.20. The summed E-state index contributed by atoms with van der Waals surface area (Å²) in [5.74, 6) is -0.110. The molecule has 0 aromatic heterocycles. The van der Waals surface area contributed by atoms with Gasteiger partial charge in [0.25, 0.3) is 0 Å². The minimum Gasteiger partial charge on any atom is -0.367 e. The normalized spacial score (nSPS) is 13.4. The molecule has 0 aliphatic carbocycles. The average molecular weight is 348 g/mol. The van der Waals surface area contributed by atoms with Gasteiger partial charge in [0.1, 0.15) is 5.82 Å². The molecule has 21 heavy (non-hydrogen) atoms. The van der Waals surface area contributed by atoms with Gasteiger partial charge in [0.15, 0.2) is 5.78 Å². The summed E-state index contributed by atoms with van der Waals surface area (Å²) in [4.78, 5) is 13.6. The molecule has 0 fully saturated rings. The summed E-state index contributed by atoms with van der Waals surface area (Å²) in [6.45, 7) is 2.96. The van der Waals surface area contributed by atoms with Crippen molar-refractivity contribution >= 4 is 27.4 Å². The van der Waals surface area contributed by atoms with E-state index in [0.717, 1.165) is 34.3 Å². The maximum atomic E-state index is 13.9. The molecule has 0 spiro atoms. The van der Waals surface area contributed by atoms with Crippen LogP contribution in [0.1, 0.15) is 28.4 Å². The molecular formula is C17H15BrFNO. The zero-order valence-corrected chi connectivity index (χ0v) is 13.3. The predicted octanol–water partition coefficient (Wildman–Crippen LogP) is 4.35. The molecule has 4 heteroatoms. The summed E-state index contributed by atoms with van der Waals surface area (Å²) in [6, 6.07) is 10.8. The fraction of sp³-hybridized carbons (Fsp3) is 0.235. The van der Waals surface area contributed by atoms with Crippen LogP contribution in [-0.2, 0) is 13.0 Å². The van der Waals surface area contributed by atoms with Crippen molar-refractivity contribution in [1.29, 1.82) is 0 Å². The highest BCUT2D eigenvalue weighted by molar-refractivity contribution is 9.10. The van der Waals surface area contributed by atoms with E-state index in [4.69, 9.17) is 0 Å². The van der Waals surface area contributed by atoms with E-state index in [1.807, 2.05) is 24.3 Å². The number of ketones is 1. The van der Waals surface area contributed by atoms with Crippen LogP contribution in [0.3, 0.4) is 0 Å². The molecular weight excluding hydrogens is 333 g/mol. The van der Waals surface area contributed by atoms with Crippen molar-refractivity contribution in [3.05, 3.63) is 63.4 Å². The molecule has 0 saturated carbocycles. The summed E-state index contributed by atoms with van der Waals surface area (Å²) in [5, 5.41) is 0. The van der Waals surface area contributed by atoms with Crippen molar-refractivity contribution in [1.82, 2.24) is 0 Å². The topological polar surface area (TPSA) is 20.3 Å². The van der Waals surface area contributed by atoms with E-state index in [1.165, 1.54) is 6.07 Å². The maximum absolute atomic E-state index is 13.9. The molecule has 0 N–H and O–H groups in total. The molecule has 2 aromatic rings. The molecule has 0 saturated heterocycles. The molecule has 0 atom stereocenters. The number of rotatable bonds is 3. The molecule has 0 amide bonds. The Morgan fingerprint density at radius 2 is 2.10 bits per heavy atom. The van der Waals surface area contributed by atoms with Gasteiger partial charge in [-0.1, -0.05) is 15.9 Å². The second kappa shape index (κ2) is 5.60. The van der Waals surface area contributed by atoms with Crippen LogP contribution >= 0.6 is 15.9 Å². The number of anilines is 1. The Labute approximate surface area is 131 Å². The quantitative estimate of drug-likeness (QED) is 0.769. The standard InChI is InChI=1S/C17H15BrFNO/c1-11(21)12-2-5-17-13(8-12)6-7-20(17)10-14-9-15(18)3-4-16(14)19/h2-5,8-9H,6-7,10H2,1H3. The first-order valence-electron chi connectivity index (χ1n) is 6.87. The second-order valence-electron chi connectivity index (χ2n) is 5.31. The molecule has 2 aromatic carbocycles. The van der Waals surface area contributed by atoms with Crippen LogP contribution in [0.2, 0.25) is 0 Å². The van der Waals surface area contributed by atoms with Gasteiger partial charge in [-0.3, -0.25) is 4.79 Å². The van der Waals surface area contributed by atoms with Gasteiger partial charge in [-0.2, -0.15) is 0 Å². The van der Waals surface area contributed by atoms with Gasteiger partial charge < -0.3 is 4.90 Å². The first-order valence-corrected chi connectivity index (χ1v) is 7.66. The van der Waals surface area contributed by atoms with Crippen molar-refractivity contribution < 1.29 is 9.18 Å². The molecule has 0 unspecified atom stereocenters. The Bertz CT molecular complexity index is 714. The maximum Gasteiger partial charge on any atom is 0.159 e. The lowest BCUT2D eigenvalue weighted by molar-refractivity contribution is 0.101. The minimum atomic E-state index is -0.188. The van der Waals surface area contributed by atoms with Crippen molar-refractivity contribution in [2.45, 2.75) is 19.9 Å². The van der Waals surface area contributed by atoms with Crippen molar-refractivity contribution in [2.75, 3.05) is 11.4 Å². The Morgan fingerprint density at radius 3 is 2.86 bits per heavy atom. The molecule has 1 aliphatic rings. The highest BCUT2D eigenvalue weighted by Gasteiger charge is 2.21. The van der Waals surface area contributed by atoms with E-state index in [0.29, 0.717) is 12.1 Å². The van der Waals surface area contributed by atoms with Crippen LogP contribution in [0, 0.1) is 5.82 Å². The highest BCUT2D eigenvalue weighted by Crippen LogP contribution is 2.31. The monoisotopic (exact) mass is 347 g/mol. The fourth-order valence-corrected chi connectivity index (χ4v) is 3.13. The van der Waals surface area contributed by atoms with E-state index in [9.17, 15) is 9.18 Å². The van der Waals surface area contributed by atoms with E-state index in [1.54, 1.807) is 13.0 Å². The number of Topliss-reactive ketones (excluding diaryl/α,β-unsaturated/α-hetero) is 1. The van der Waals surface area contributed by atoms with Crippen LogP contribution in [0.15, 0.2) is 40.9 Å². The lowest BCUT2D eigenvalue weighted by Crippen LogP contribution is -2.20. The fourth-order valence-electron chi connectivity index (χ4n) is 2.72. The zero-order valence-electron chi connectivity index (χ0n) is 11.7. The molecule has 108 valence electrons. The van der Waals surface area contributed by atoms with Gasteiger partial charge in [-0.25, -0.2) is 4.39 Å². The van der Waals surface area contributed by atoms with E-state index >= 15 is 0 Å². The minimum absolute atomic E-state index is 0.0780. The van der Waals surface area contributed by atoms with Crippen molar-refractivity contribution in [3.63, 3.8) is 0 Å². The van der Waals surface area contributed by atoms with Crippen molar-refractivity contribution in [3.8, 4) is 0 Å². The van der Waals surface area contributed by atoms with Crippen LogP contribution in [0.5, 0.6) is 0 Å². The molecule has 2 nitrogen and oxygen atoms in total. The van der Waals surface area contributed by atoms with E-state index in [2.05, 4.69) is 20.8 Å². The van der Waals surface area contributed by atoms with Crippen molar-refractivity contribution in [2.24, 2.45) is 0 Å². The highest BCUT2D eigenvalue weighted by atomic mass is 79.9. The average Bonchev–Trinajstić information content (AvgIpc) is 2.85. The molecule has 3 rings (SSSR count). The van der Waals surface area contributed by atoms with E-state index in [-0.39, 0.29) is 11.6 Å². The van der Waals surface area contributed by atoms with Gasteiger partial charge in [0.05, 0.1) is 0 Å². The number of hydrogen-bond donors (Lipinski definition) is 0. The largest absolute Gasteiger partial charge is 0.367 e. The van der Waals surface area contributed by atoms with Gasteiger partial charge in [-0.15, -0.1) is 0 Å². The number of carbonyl (C=O) groups excluding carboxylic acids is 1. The second-order valence-corrected chi connectivity index (χ2v) is 6.22. The van der Waals surface area contributed by atoms with Gasteiger partial charge >= 0.3 is 0 Å². The summed E-state index contributed by atoms with van der Waals surface area (Å²) in [7, 11) is 0. The smallest absolute Gasteiger partial charge is 0.159 e. The summed E-state index contributed by atoms with van der Waals surface area (Å²) in [5.41, 5.74) is 3.68. The van der Waals surface area contributed by atoms with Crippen LogP contribution < -0.4 is 4.90 Å². The Morgan fingerprint density at radius 1 is 1.29 bits per heavy atom. The Hall–Kier alpha value is -1.68. The Kier molecular flexibility index (Phi) is 3.81. The summed E-state index contributed by atoms with van der Waals surface area (Å²) < 4.78 is 14.8. The number of fused-ring (bicyclic) bond motifs is 1. The van der Waals surface area contributed by atoms with E-state index < -0.39 is 0 Å². The molecule has 1 heterocycles. The first-order chi connectivity index (χ1) is 10.0. The van der Waals surface area contributed by atoms with Gasteiger partial charge in [0, 0.05) is 34.4 Å². The first kappa shape index (κ1) is 14.3. The third-order valence-corrected chi connectivity index (χ3v) is 4.34. The predicted molar refractivity (Wildman–Crippen MR) is 85.3 cm³/mol. The van der Waals surface area contributed by atoms with Gasteiger partial charge in [-0.05, 0) is 55.3 Å². The number of benzene rings is 2. The van der Waals surface area contributed by atoms with Crippen LogP contribution in [0.25, 0.3) is 0 Å². The molecule has 1 aliphatic heterocycles. The number of carbonyl (C=O) groups is 1. The zero-order chi connectivity index (χ0) is 15.0. The Balaban J connectivity index is 1.88. The SMILES string of the molecule is CC(=O)c1ccc2c(c1)CCN2Cc1cc(Br)ccc1F. The summed E-state index contributed by atoms with van der Waals surface area (Å²) >= 11 is 3.38. The van der Waals surface area contributed by atoms with Crippen LogP contribution in [-0.4, -0.2) is 12.3 Å². The number of nitrogens with zero attached hydrogens (tertiary/aromatic N) is 1. The third-order valence-electron chi connectivity index (χ3n) is 3.85. The van der Waals surface area contributed by atoms with Crippen LogP contribution in [0.4, 0.5) is 10.1 Å². The number of hydrogen-bond acceptors (Lipinski definition) is 2. The number of halogens is 2. The molecule has 0 bridgehead atoms. The lowest BCUT2D eigenvalue weighted by atomic mass is 10.1. The van der Waals surface area contributed by atoms with Gasteiger partial charge in [0.2, 0.25) is 0 Å². The summed E-state index contributed by atoms with van der Waals surface area (Å²) in [6.07, 6.45) is 0.895. The molecule has 0 radical (unpaired) electrons. The third kappa shape index (κ3) is 2.86.